The number of hydrogen-bond acceptors (Lipinski definition) is 4. The number of nitrogens with zero attached hydrogens (tertiary/aromatic N) is 3. The van der Waals surface area contributed by atoms with Crippen LogP contribution in [-0.4, -0.2) is 23.2 Å². The van der Waals surface area contributed by atoms with E-state index in [1.807, 2.05) is 13.0 Å². The van der Waals surface area contributed by atoms with E-state index in [0.29, 0.717) is 5.69 Å². The molecule has 0 aromatic carbocycles. The lowest BCUT2D eigenvalue weighted by atomic mass is 10.3. The number of aromatic nitrogens is 3. The summed E-state index contributed by atoms with van der Waals surface area (Å²) in [6.45, 7) is 1.86. The van der Waals surface area contributed by atoms with Gasteiger partial charge < -0.3 is 0 Å². The molecule has 2 aromatic heterocycles. The standard InChI is InChI=1S/C9H8ClN3O2S/c1-7-2-3-8(4-11-7)13-6-9(5-12-13)16(10,14)15/h2-6H,1H3. The van der Waals surface area contributed by atoms with Gasteiger partial charge in [-0.3, -0.25) is 4.98 Å². The minimum atomic E-state index is -3.73. The van der Waals surface area contributed by atoms with Crippen LogP contribution < -0.4 is 0 Å². The third-order valence-electron chi connectivity index (χ3n) is 2.00. The van der Waals surface area contributed by atoms with E-state index in [0.717, 1.165) is 5.69 Å². The van der Waals surface area contributed by atoms with E-state index >= 15 is 0 Å². The lowest BCUT2D eigenvalue weighted by Gasteiger charge is -1.99. The van der Waals surface area contributed by atoms with Crippen molar-refractivity contribution >= 4 is 19.7 Å². The number of aryl methyl sites for hydroxylation is 1. The number of pyridine rings is 1. The van der Waals surface area contributed by atoms with Crippen LogP contribution in [0.4, 0.5) is 0 Å². The van der Waals surface area contributed by atoms with Crippen molar-refractivity contribution in [1.29, 1.82) is 0 Å². The van der Waals surface area contributed by atoms with Gasteiger partial charge in [0.05, 0.1) is 24.3 Å². The fourth-order valence-electron chi connectivity index (χ4n) is 1.17. The van der Waals surface area contributed by atoms with Gasteiger partial charge in [-0.1, -0.05) is 0 Å². The van der Waals surface area contributed by atoms with E-state index in [9.17, 15) is 8.42 Å². The fraction of sp³-hybridized carbons (Fsp3) is 0.111. The minimum absolute atomic E-state index is 0.0326. The average molecular weight is 258 g/mol. The van der Waals surface area contributed by atoms with Gasteiger partial charge in [0.2, 0.25) is 0 Å². The summed E-state index contributed by atoms with van der Waals surface area (Å²) in [5, 5.41) is 3.90. The largest absolute Gasteiger partial charge is 0.264 e. The highest BCUT2D eigenvalue weighted by molar-refractivity contribution is 8.13. The van der Waals surface area contributed by atoms with Crippen molar-refractivity contribution in [3.63, 3.8) is 0 Å². The van der Waals surface area contributed by atoms with Crippen molar-refractivity contribution in [2.75, 3.05) is 0 Å². The Hall–Kier alpha value is -1.40. The van der Waals surface area contributed by atoms with Crippen molar-refractivity contribution in [1.82, 2.24) is 14.8 Å². The lowest BCUT2D eigenvalue weighted by Crippen LogP contribution is -1.95. The zero-order valence-electron chi connectivity index (χ0n) is 8.33. The number of rotatable bonds is 2. The van der Waals surface area contributed by atoms with Crippen molar-refractivity contribution < 1.29 is 8.42 Å². The molecule has 0 saturated carbocycles. The normalized spacial score (nSPS) is 11.6. The maximum absolute atomic E-state index is 11.0. The molecule has 0 bridgehead atoms. The molecule has 2 rings (SSSR count). The fourth-order valence-corrected chi connectivity index (χ4v) is 1.81. The summed E-state index contributed by atoms with van der Waals surface area (Å²) in [6.07, 6.45) is 4.14. The zero-order valence-corrected chi connectivity index (χ0v) is 9.90. The summed E-state index contributed by atoms with van der Waals surface area (Å²) in [7, 11) is 1.46. The van der Waals surface area contributed by atoms with Crippen LogP contribution in [-0.2, 0) is 9.05 Å². The minimum Gasteiger partial charge on any atom is -0.259 e. The first-order valence-electron chi connectivity index (χ1n) is 4.39. The second-order valence-corrected chi connectivity index (χ2v) is 5.78. The number of halogens is 1. The topological polar surface area (TPSA) is 64.8 Å². The third kappa shape index (κ3) is 2.23. The summed E-state index contributed by atoms with van der Waals surface area (Å²) in [4.78, 5) is 4.05. The molecule has 0 aliphatic carbocycles. The van der Waals surface area contributed by atoms with E-state index in [4.69, 9.17) is 10.7 Å². The molecule has 5 nitrogen and oxygen atoms in total. The molecule has 0 N–H and O–H groups in total. The average Bonchev–Trinajstić information content (AvgIpc) is 2.67. The van der Waals surface area contributed by atoms with Crippen LogP contribution >= 0.6 is 10.7 Å². The molecule has 0 fully saturated rings. The monoisotopic (exact) mass is 257 g/mol. The van der Waals surface area contributed by atoms with Crippen LogP contribution in [0, 0.1) is 6.92 Å². The Bertz CT molecular complexity index is 604. The van der Waals surface area contributed by atoms with Gasteiger partial charge in [0.25, 0.3) is 9.05 Å². The van der Waals surface area contributed by atoms with E-state index < -0.39 is 9.05 Å². The first kappa shape index (κ1) is 11.1. The highest BCUT2D eigenvalue weighted by Gasteiger charge is 2.13. The van der Waals surface area contributed by atoms with Crippen molar-refractivity contribution in [3.8, 4) is 5.69 Å². The molecule has 2 aromatic rings. The highest BCUT2D eigenvalue weighted by atomic mass is 35.7. The first-order valence-corrected chi connectivity index (χ1v) is 6.70. The molecule has 84 valence electrons. The maximum atomic E-state index is 11.0. The van der Waals surface area contributed by atoms with E-state index in [-0.39, 0.29) is 4.90 Å². The third-order valence-corrected chi connectivity index (χ3v) is 3.31. The first-order chi connectivity index (χ1) is 7.47. The van der Waals surface area contributed by atoms with Gasteiger partial charge in [0, 0.05) is 16.4 Å². The molecular weight excluding hydrogens is 250 g/mol. The molecule has 16 heavy (non-hydrogen) atoms. The van der Waals surface area contributed by atoms with Crippen LogP contribution in [0.1, 0.15) is 5.69 Å². The second kappa shape index (κ2) is 3.88. The van der Waals surface area contributed by atoms with Crippen molar-refractivity contribution in [3.05, 3.63) is 36.4 Å². The second-order valence-electron chi connectivity index (χ2n) is 3.22. The molecule has 0 aliphatic heterocycles. The lowest BCUT2D eigenvalue weighted by molar-refractivity contribution is 0.609. The molecule has 0 spiro atoms. The van der Waals surface area contributed by atoms with Gasteiger partial charge in [-0.2, -0.15) is 5.10 Å². The number of hydrogen-bond donors (Lipinski definition) is 0. The molecule has 7 heteroatoms. The predicted octanol–water partition coefficient (Wildman–Crippen LogP) is 1.50. The Morgan fingerprint density at radius 2 is 2.06 bits per heavy atom. The molecule has 0 amide bonds. The smallest absolute Gasteiger partial charge is 0.259 e. The Morgan fingerprint density at radius 1 is 1.31 bits per heavy atom. The van der Waals surface area contributed by atoms with E-state index in [1.54, 1.807) is 12.3 Å². The Labute approximate surface area is 97.1 Å². The van der Waals surface area contributed by atoms with Gasteiger partial charge in [-0.05, 0) is 19.1 Å². The van der Waals surface area contributed by atoms with Crippen LogP contribution in [0.25, 0.3) is 5.69 Å². The summed E-state index contributed by atoms with van der Waals surface area (Å²) in [5.41, 5.74) is 1.55. The highest BCUT2D eigenvalue weighted by Crippen LogP contribution is 2.15. The molecule has 0 aliphatic rings. The Balaban J connectivity index is 2.43. The maximum Gasteiger partial charge on any atom is 0.264 e. The van der Waals surface area contributed by atoms with Crippen LogP contribution in [0.15, 0.2) is 35.6 Å². The summed E-state index contributed by atoms with van der Waals surface area (Å²) in [6, 6.07) is 3.60. The zero-order chi connectivity index (χ0) is 11.8. The van der Waals surface area contributed by atoms with Crippen LogP contribution in [0.3, 0.4) is 0 Å². The molecular formula is C9H8ClN3O2S. The SMILES string of the molecule is Cc1ccc(-n2cc(S(=O)(=O)Cl)cn2)cn1. The van der Waals surface area contributed by atoms with E-state index in [1.165, 1.54) is 17.1 Å². The Morgan fingerprint density at radius 3 is 2.56 bits per heavy atom. The van der Waals surface area contributed by atoms with Crippen LogP contribution in [0.5, 0.6) is 0 Å². The summed E-state index contributed by atoms with van der Waals surface area (Å²) in [5.74, 6) is 0. The van der Waals surface area contributed by atoms with Gasteiger partial charge >= 0.3 is 0 Å². The Kier molecular flexibility index (Phi) is 2.69. The van der Waals surface area contributed by atoms with Gasteiger partial charge in [-0.25, -0.2) is 13.1 Å². The van der Waals surface area contributed by atoms with Gasteiger partial charge in [0.1, 0.15) is 4.90 Å². The van der Waals surface area contributed by atoms with Crippen molar-refractivity contribution in [2.24, 2.45) is 0 Å². The molecule has 2 heterocycles. The van der Waals surface area contributed by atoms with E-state index in [2.05, 4.69) is 10.1 Å². The molecule has 0 saturated heterocycles. The quantitative estimate of drug-likeness (QED) is 0.765. The van der Waals surface area contributed by atoms with Crippen LogP contribution in [0.2, 0.25) is 0 Å². The predicted molar refractivity (Wildman–Crippen MR) is 59.1 cm³/mol. The molecule has 0 radical (unpaired) electrons. The molecule has 0 unspecified atom stereocenters. The summed E-state index contributed by atoms with van der Waals surface area (Å²) >= 11 is 0. The summed E-state index contributed by atoms with van der Waals surface area (Å²) < 4.78 is 23.5. The van der Waals surface area contributed by atoms with Crippen molar-refractivity contribution in [2.45, 2.75) is 11.8 Å². The van der Waals surface area contributed by atoms with Gasteiger partial charge in [0.15, 0.2) is 0 Å². The molecule has 0 atom stereocenters. The van der Waals surface area contributed by atoms with Gasteiger partial charge in [-0.15, -0.1) is 0 Å².